The van der Waals surface area contributed by atoms with Crippen LogP contribution in [0.4, 0.5) is 5.69 Å². The summed E-state index contributed by atoms with van der Waals surface area (Å²) in [5, 5.41) is 1.69. The van der Waals surface area contributed by atoms with Crippen LogP contribution in [-0.2, 0) is 14.8 Å². The van der Waals surface area contributed by atoms with Gasteiger partial charge in [0, 0.05) is 79.7 Å². The molecule has 0 unspecified atom stereocenters. The van der Waals surface area contributed by atoms with Crippen molar-refractivity contribution >= 4 is 49.7 Å². The van der Waals surface area contributed by atoms with Crippen LogP contribution in [0.5, 0.6) is 17.2 Å². The predicted octanol–water partition coefficient (Wildman–Crippen LogP) is 8.54. The number of anilines is 1. The predicted molar refractivity (Wildman–Crippen MR) is 246 cm³/mol. The molecule has 2 fully saturated rings. The Balaban J connectivity index is 0.960. The Morgan fingerprint density at radius 1 is 0.887 bits per heavy atom. The molecule has 324 valence electrons. The number of aryl methyl sites for hydroxylation is 1. The summed E-state index contributed by atoms with van der Waals surface area (Å²) in [7, 11) is -4.26. The standard InChI is InChI=1S/C49H54ClN5O6S/c1-35-30-42(12-15-46(35)60-27-5-4-20-53-25-28-59-29-26-53)62(57,58)52-48(56)43-13-10-40(32-47(43)61-41-11-14-45-37(31-41)17-19-51-45)55-23-21-54(22-24-55)34-38-16-18-49(2,3)33-44(38)36-6-8-39(50)9-7-36/h6-15,17,19,30-32,51H,16,18,20-29,33-34H2,1-3H3,(H,52,56). The van der Waals surface area contributed by atoms with Gasteiger partial charge in [0.1, 0.15) is 23.9 Å². The van der Waals surface area contributed by atoms with Gasteiger partial charge in [-0.2, -0.15) is 0 Å². The number of piperazine rings is 1. The Hall–Kier alpha value is -5.29. The summed E-state index contributed by atoms with van der Waals surface area (Å²) in [6.07, 6.45) is 5.13. The highest BCUT2D eigenvalue weighted by molar-refractivity contribution is 7.90. The van der Waals surface area contributed by atoms with Crippen molar-refractivity contribution in [3.8, 4) is 29.1 Å². The van der Waals surface area contributed by atoms with Crippen LogP contribution < -0.4 is 19.1 Å². The zero-order valence-electron chi connectivity index (χ0n) is 35.6. The Bertz CT molecular complexity index is 2620. The van der Waals surface area contributed by atoms with E-state index in [0.717, 1.165) is 86.7 Å². The molecule has 0 bridgehead atoms. The quantitative estimate of drug-likeness (QED) is 0.119. The van der Waals surface area contributed by atoms with Gasteiger partial charge in [-0.1, -0.05) is 55.0 Å². The van der Waals surface area contributed by atoms with Gasteiger partial charge in [-0.25, -0.2) is 13.1 Å². The molecule has 0 radical (unpaired) electrons. The van der Waals surface area contributed by atoms with E-state index >= 15 is 0 Å². The SMILES string of the molecule is Cc1cc(S(=O)(=O)NC(=O)c2ccc(N3CCN(CC4=C(c5ccc(Cl)cc5)CC(C)(C)CC4)CC3)cc2Oc2ccc3[nH]ccc3c2)ccc1OCC#CCN1CCOCC1. The van der Waals surface area contributed by atoms with Crippen molar-refractivity contribution in [3.63, 3.8) is 0 Å². The second kappa shape index (κ2) is 19.0. The number of fused-ring (bicyclic) bond motifs is 1. The topological polar surface area (TPSA) is 116 Å². The van der Waals surface area contributed by atoms with Gasteiger partial charge in [-0.15, -0.1) is 0 Å². The Morgan fingerprint density at radius 3 is 2.45 bits per heavy atom. The van der Waals surface area contributed by atoms with Gasteiger partial charge < -0.3 is 24.1 Å². The molecular formula is C49H54ClN5O6S. The van der Waals surface area contributed by atoms with Gasteiger partial charge in [-0.3, -0.25) is 14.6 Å². The summed E-state index contributed by atoms with van der Waals surface area (Å²) in [5.41, 5.74) is 6.98. The maximum absolute atomic E-state index is 13.9. The van der Waals surface area contributed by atoms with Crippen LogP contribution in [0, 0.1) is 24.2 Å². The molecule has 8 rings (SSSR count). The maximum Gasteiger partial charge on any atom is 0.268 e. The zero-order chi connectivity index (χ0) is 43.3. The third-order valence-corrected chi connectivity index (χ3v) is 13.6. The number of aromatic nitrogens is 1. The fourth-order valence-electron chi connectivity index (χ4n) is 8.38. The second-order valence-electron chi connectivity index (χ2n) is 17.1. The van der Waals surface area contributed by atoms with Crippen LogP contribution in [-0.4, -0.2) is 101 Å². The minimum atomic E-state index is -4.26. The maximum atomic E-state index is 13.9. The minimum Gasteiger partial charge on any atom is -0.481 e. The molecule has 2 N–H and O–H groups in total. The van der Waals surface area contributed by atoms with Crippen LogP contribution in [0.3, 0.4) is 0 Å². The first-order valence-corrected chi connectivity index (χ1v) is 23.1. The van der Waals surface area contributed by atoms with E-state index in [1.165, 1.54) is 28.8 Å². The molecule has 1 amide bonds. The molecule has 0 saturated carbocycles. The summed E-state index contributed by atoms with van der Waals surface area (Å²) in [6, 6.07) is 25.7. The van der Waals surface area contributed by atoms with Crippen LogP contribution in [0.1, 0.15) is 54.6 Å². The number of morpholine rings is 1. The van der Waals surface area contributed by atoms with Crippen LogP contribution >= 0.6 is 11.6 Å². The number of nitrogens with one attached hydrogen (secondary N) is 2. The number of hydrogen-bond acceptors (Lipinski definition) is 9. The second-order valence-corrected chi connectivity index (χ2v) is 19.2. The number of carbonyl (C=O) groups is 1. The van der Waals surface area contributed by atoms with E-state index in [-0.39, 0.29) is 28.2 Å². The van der Waals surface area contributed by atoms with Crippen molar-refractivity contribution in [1.29, 1.82) is 0 Å². The average molecular weight is 877 g/mol. The van der Waals surface area contributed by atoms with E-state index in [1.54, 1.807) is 19.1 Å². The van der Waals surface area contributed by atoms with Crippen LogP contribution in [0.2, 0.25) is 5.02 Å². The average Bonchev–Trinajstić information content (AvgIpc) is 3.73. The highest BCUT2D eigenvalue weighted by Gasteiger charge is 2.30. The lowest BCUT2D eigenvalue weighted by Crippen LogP contribution is -2.47. The van der Waals surface area contributed by atoms with E-state index in [4.69, 9.17) is 25.8 Å². The van der Waals surface area contributed by atoms with E-state index < -0.39 is 15.9 Å². The summed E-state index contributed by atoms with van der Waals surface area (Å²) in [4.78, 5) is 24.1. The first kappa shape index (κ1) is 43.4. The molecule has 2 aliphatic heterocycles. The van der Waals surface area contributed by atoms with Crippen molar-refractivity contribution in [2.24, 2.45) is 5.41 Å². The molecular weight excluding hydrogens is 822 g/mol. The third-order valence-electron chi connectivity index (χ3n) is 12.0. The van der Waals surface area contributed by atoms with Gasteiger partial charge in [0.25, 0.3) is 15.9 Å². The molecule has 62 heavy (non-hydrogen) atoms. The fourth-order valence-corrected chi connectivity index (χ4v) is 9.56. The Kier molecular flexibility index (Phi) is 13.3. The molecule has 0 spiro atoms. The molecule has 2 saturated heterocycles. The number of rotatable bonds is 12. The number of carbonyl (C=O) groups excluding carboxylic acids is 1. The zero-order valence-corrected chi connectivity index (χ0v) is 37.2. The summed E-state index contributed by atoms with van der Waals surface area (Å²) in [5.74, 6) is 6.64. The summed E-state index contributed by atoms with van der Waals surface area (Å²) in [6.45, 7) is 14.6. The highest BCUT2D eigenvalue weighted by atomic mass is 35.5. The number of halogens is 1. The van der Waals surface area contributed by atoms with Gasteiger partial charge in [0.15, 0.2) is 0 Å². The van der Waals surface area contributed by atoms with Crippen molar-refractivity contribution in [1.82, 2.24) is 19.5 Å². The van der Waals surface area contributed by atoms with E-state index in [9.17, 15) is 13.2 Å². The monoisotopic (exact) mass is 875 g/mol. The fraction of sp³-hybridized carbons (Fsp3) is 0.367. The molecule has 1 aromatic heterocycles. The Morgan fingerprint density at radius 2 is 1.68 bits per heavy atom. The van der Waals surface area contributed by atoms with Crippen molar-refractivity contribution in [2.75, 3.05) is 77.1 Å². The summed E-state index contributed by atoms with van der Waals surface area (Å²) < 4.78 is 47.3. The molecule has 0 atom stereocenters. The van der Waals surface area contributed by atoms with Gasteiger partial charge in [0.05, 0.1) is 30.2 Å². The summed E-state index contributed by atoms with van der Waals surface area (Å²) >= 11 is 6.25. The van der Waals surface area contributed by atoms with Crippen molar-refractivity contribution in [3.05, 3.63) is 118 Å². The molecule has 5 aromatic rings. The number of hydrogen-bond donors (Lipinski definition) is 2. The molecule has 4 aromatic carbocycles. The lowest BCUT2D eigenvalue weighted by atomic mass is 9.72. The first-order valence-electron chi connectivity index (χ1n) is 21.3. The number of aromatic amines is 1. The molecule has 1 aliphatic carbocycles. The van der Waals surface area contributed by atoms with E-state index in [0.29, 0.717) is 36.8 Å². The van der Waals surface area contributed by atoms with Crippen LogP contribution in [0.15, 0.2) is 102 Å². The van der Waals surface area contributed by atoms with E-state index in [2.05, 4.69) is 62.2 Å². The number of sulfonamides is 1. The normalized spacial score (nSPS) is 17.4. The van der Waals surface area contributed by atoms with Gasteiger partial charge >= 0.3 is 0 Å². The molecule has 11 nitrogen and oxygen atoms in total. The molecule has 3 aliphatic rings. The van der Waals surface area contributed by atoms with Crippen molar-refractivity contribution < 1.29 is 27.4 Å². The number of H-pyrrole nitrogens is 1. The lowest BCUT2D eigenvalue weighted by Gasteiger charge is -2.39. The third kappa shape index (κ3) is 10.7. The Labute approximate surface area is 370 Å². The smallest absolute Gasteiger partial charge is 0.268 e. The van der Waals surface area contributed by atoms with Gasteiger partial charge in [0.2, 0.25) is 0 Å². The van der Waals surface area contributed by atoms with E-state index in [1.807, 2.05) is 54.7 Å². The van der Waals surface area contributed by atoms with Crippen LogP contribution in [0.25, 0.3) is 16.5 Å². The first-order chi connectivity index (χ1) is 29.9. The number of allylic oxidation sites excluding steroid dienone is 1. The largest absolute Gasteiger partial charge is 0.481 e. The number of benzene rings is 4. The number of ether oxygens (including phenoxy) is 3. The van der Waals surface area contributed by atoms with Gasteiger partial charge in [-0.05, 0) is 115 Å². The number of nitrogens with zero attached hydrogens (tertiary/aromatic N) is 3. The van der Waals surface area contributed by atoms with Crippen molar-refractivity contribution in [2.45, 2.75) is 44.9 Å². The molecule has 13 heteroatoms. The lowest BCUT2D eigenvalue weighted by molar-refractivity contribution is 0.0443. The highest BCUT2D eigenvalue weighted by Crippen LogP contribution is 2.43. The minimum absolute atomic E-state index is 0.0584. The number of amides is 1. The molecule has 3 heterocycles.